The van der Waals surface area contributed by atoms with Crippen LogP contribution in [0.5, 0.6) is 0 Å². The molecule has 0 saturated carbocycles. The second kappa shape index (κ2) is 8.62. The first-order valence-corrected chi connectivity index (χ1v) is 9.02. The molecule has 0 unspecified atom stereocenters. The zero-order valence-electron chi connectivity index (χ0n) is 14.1. The summed E-state index contributed by atoms with van der Waals surface area (Å²) in [4.78, 5) is 36.7. The standard InChI is InChI=1S/C18H21N3O3S/c1-11-12(7-4-8-15(22)21-9-10-25-18(19)20)17(24)14-6-3-2-5-13(14)16(11)23/h2-3,5-6H,4,7-10H2,1H3,(H3,19,20)(H,21,22). The van der Waals surface area contributed by atoms with Crippen molar-refractivity contribution in [2.45, 2.75) is 26.2 Å². The second-order valence-corrected chi connectivity index (χ2v) is 6.86. The van der Waals surface area contributed by atoms with Crippen molar-refractivity contribution >= 4 is 34.4 Å². The van der Waals surface area contributed by atoms with Crippen molar-refractivity contribution in [3.05, 3.63) is 46.5 Å². The zero-order valence-corrected chi connectivity index (χ0v) is 14.9. The van der Waals surface area contributed by atoms with Gasteiger partial charge in [0.05, 0.1) is 0 Å². The summed E-state index contributed by atoms with van der Waals surface area (Å²) in [5.74, 6) is 0.203. The van der Waals surface area contributed by atoms with Gasteiger partial charge in [0.25, 0.3) is 0 Å². The summed E-state index contributed by atoms with van der Waals surface area (Å²) in [5.41, 5.74) is 7.09. The largest absolute Gasteiger partial charge is 0.379 e. The fourth-order valence-corrected chi connectivity index (χ4v) is 3.14. The third-order valence-corrected chi connectivity index (χ3v) is 4.72. The molecule has 1 aromatic carbocycles. The van der Waals surface area contributed by atoms with E-state index < -0.39 is 0 Å². The van der Waals surface area contributed by atoms with E-state index in [0.717, 1.165) is 0 Å². The maximum Gasteiger partial charge on any atom is 0.220 e. The lowest BCUT2D eigenvalue weighted by Gasteiger charge is -2.18. The Hall–Kier alpha value is -2.41. The number of nitrogens with two attached hydrogens (primary N) is 1. The van der Waals surface area contributed by atoms with Crippen LogP contribution < -0.4 is 11.1 Å². The number of hydrogen-bond donors (Lipinski definition) is 3. The van der Waals surface area contributed by atoms with E-state index in [-0.39, 0.29) is 29.1 Å². The van der Waals surface area contributed by atoms with Crippen LogP contribution in [0.2, 0.25) is 0 Å². The van der Waals surface area contributed by atoms with Crippen LogP contribution in [0.3, 0.4) is 0 Å². The van der Waals surface area contributed by atoms with Gasteiger partial charge >= 0.3 is 0 Å². The van der Waals surface area contributed by atoms with Crippen molar-refractivity contribution in [1.82, 2.24) is 5.32 Å². The highest BCUT2D eigenvalue weighted by Crippen LogP contribution is 2.28. The number of Topliss-reactive ketones (excluding diaryl/α,β-unsaturated/α-hetero) is 2. The Morgan fingerprint density at radius 2 is 1.84 bits per heavy atom. The Morgan fingerprint density at radius 1 is 1.20 bits per heavy atom. The minimum absolute atomic E-state index is 0.0254. The van der Waals surface area contributed by atoms with E-state index in [1.54, 1.807) is 31.2 Å². The van der Waals surface area contributed by atoms with Crippen LogP contribution in [0.4, 0.5) is 0 Å². The molecule has 1 amide bonds. The van der Waals surface area contributed by atoms with Crippen LogP contribution in [0.25, 0.3) is 0 Å². The van der Waals surface area contributed by atoms with E-state index in [4.69, 9.17) is 11.1 Å². The molecule has 0 heterocycles. The molecule has 25 heavy (non-hydrogen) atoms. The third kappa shape index (κ3) is 4.79. The van der Waals surface area contributed by atoms with Gasteiger partial charge in [0.2, 0.25) is 5.91 Å². The number of ketones is 2. The second-order valence-electron chi connectivity index (χ2n) is 5.72. The lowest BCUT2D eigenvalue weighted by atomic mass is 9.83. The van der Waals surface area contributed by atoms with Gasteiger partial charge in [0.1, 0.15) is 0 Å². The normalized spacial score (nSPS) is 13.6. The van der Waals surface area contributed by atoms with E-state index in [0.29, 0.717) is 47.4 Å². The number of allylic oxidation sites excluding steroid dienone is 2. The molecule has 0 aliphatic heterocycles. The first-order valence-electron chi connectivity index (χ1n) is 8.03. The number of amides is 1. The summed E-state index contributed by atoms with van der Waals surface area (Å²) in [7, 11) is 0. The van der Waals surface area contributed by atoms with Crippen LogP contribution in [0.1, 0.15) is 46.9 Å². The number of benzene rings is 1. The van der Waals surface area contributed by atoms with Gasteiger partial charge in [-0.25, -0.2) is 0 Å². The Labute approximate surface area is 150 Å². The lowest BCUT2D eigenvalue weighted by Crippen LogP contribution is -2.26. The van der Waals surface area contributed by atoms with E-state index in [1.165, 1.54) is 11.8 Å². The van der Waals surface area contributed by atoms with Crippen LogP contribution in [0.15, 0.2) is 35.4 Å². The fourth-order valence-electron chi connectivity index (χ4n) is 2.72. The van der Waals surface area contributed by atoms with Crippen molar-refractivity contribution in [3.8, 4) is 0 Å². The van der Waals surface area contributed by atoms with Crippen LogP contribution >= 0.6 is 11.8 Å². The summed E-state index contributed by atoms with van der Waals surface area (Å²) in [5, 5.41) is 9.84. The van der Waals surface area contributed by atoms with E-state index in [2.05, 4.69) is 5.32 Å². The minimum Gasteiger partial charge on any atom is -0.379 e. The van der Waals surface area contributed by atoms with Crippen molar-refractivity contribution in [1.29, 1.82) is 5.41 Å². The van der Waals surface area contributed by atoms with Gasteiger partial charge in [-0.15, -0.1) is 0 Å². The molecule has 0 spiro atoms. The molecule has 0 saturated heterocycles. The molecule has 1 aliphatic rings. The predicted octanol–water partition coefficient (Wildman–Crippen LogP) is 2.30. The zero-order chi connectivity index (χ0) is 18.4. The number of thioether (sulfide) groups is 1. The quantitative estimate of drug-likeness (QED) is 0.393. The lowest BCUT2D eigenvalue weighted by molar-refractivity contribution is -0.121. The molecule has 0 fully saturated rings. The molecule has 4 N–H and O–H groups in total. The van der Waals surface area contributed by atoms with E-state index in [1.807, 2.05) is 0 Å². The number of rotatable bonds is 7. The van der Waals surface area contributed by atoms with Gasteiger partial charge in [-0.2, -0.15) is 0 Å². The molecule has 132 valence electrons. The monoisotopic (exact) mass is 359 g/mol. The summed E-state index contributed by atoms with van der Waals surface area (Å²) in [6, 6.07) is 6.83. The summed E-state index contributed by atoms with van der Waals surface area (Å²) >= 11 is 1.17. The average molecular weight is 359 g/mol. The van der Waals surface area contributed by atoms with Crippen LogP contribution in [-0.4, -0.2) is 34.9 Å². The van der Waals surface area contributed by atoms with Crippen molar-refractivity contribution in [2.24, 2.45) is 5.73 Å². The maximum absolute atomic E-state index is 12.6. The van der Waals surface area contributed by atoms with Gasteiger partial charge in [0.15, 0.2) is 16.7 Å². The molecule has 7 heteroatoms. The van der Waals surface area contributed by atoms with Crippen molar-refractivity contribution < 1.29 is 14.4 Å². The maximum atomic E-state index is 12.6. The number of hydrogen-bond acceptors (Lipinski definition) is 5. The predicted molar refractivity (Wildman–Crippen MR) is 99.0 cm³/mol. The van der Waals surface area contributed by atoms with E-state index >= 15 is 0 Å². The molecule has 1 aromatic rings. The molecular weight excluding hydrogens is 338 g/mol. The van der Waals surface area contributed by atoms with Crippen LogP contribution in [-0.2, 0) is 4.79 Å². The Kier molecular flexibility index (Phi) is 6.52. The number of nitrogens with one attached hydrogen (secondary N) is 2. The van der Waals surface area contributed by atoms with E-state index in [9.17, 15) is 14.4 Å². The molecule has 0 bridgehead atoms. The number of amidine groups is 1. The van der Waals surface area contributed by atoms with Crippen molar-refractivity contribution in [2.75, 3.05) is 12.3 Å². The molecular formula is C18H21N3O3S. The average Bonchev–Trinajstić information content (AvgIpc) is 2.59. The van der Waals surface area contributed by atoms with Gasteiger partial charge < -0.3 is 11.1 Å². The SMILES string of the molecule is CC1=C(CCCC(=O)NCCSC(=N)N)C(=O)c2ccccc2C1=O. The van der Waals surface area contributed by atoms with Gasteiger partial charge in [-0.1, -0.05) is 36.0 Å². The van der Waals surface area contributed by atoms with Crippen molar-refractivity contribution in [3.63, 3.8) is 0 Å². The highest BCUT2D eigenvalue weighted by atomic mass is 32.2. The topological polar surface area (TPSA) is 113 Å². The highest BCUT2D eigenvalue weighted by Gasteiger charge is 2.28. The Bertz CT molecular complexity index is 756. The number of fused-ring (bicyclic) bond motifs is 1. The molecule has 0 aromatic heterocycles. The number of carbonyl (C=O) groups excluding carboxylic acids is 3. The fraction of sp³-hybridized carbons (Fsp3) is 0.333. The molecule has 0 radical (unpaired) electrons. The van der Waals surface area contributed by atoms with Gasteiger partial charge in [-0.05, 0) is 19.8 Å². The summed E-state index contributed by atoms with van der Waals surface area (Å²) < 4.78 is 0. The first-order chi connectivity index (χ1) is 11.9. The number of carbonyl (C=O) groups is 3. The minimum atomic E-state index is -0.119. The summed E-state index contributed by atoms with van der Waals surface area (Å²) in [6.45, 7) is 2.11. The van der Waals surface area contributed by atoms with Gasteiger partial charge in [0, 0.05) is 41.0 Å². The smallest absolute Gasteiger partial charge is 0.220 e. The molecule has 0 atom stereocenters. The molecule has 6 nitrogen and oxygen atoms in total. The first kappa shape index (κ1) is 18.9. The molecule has 2 rings (SSSR count). The molecule has 1 aliphatic carbocycles. The highest BCUT2D eigenvalue weighted by molar-refractivity contribution is 8.13. The summed E-state index contributed by atoms with van der Waals surface area (Å²) in [6.07, 6.45) is 1.19. The Balaban J connectivity index is 1.87. The third-order valence-electron chi connectivity index (χ3n) is 4.00. The Morgan fingerprint density at radius 3 is 2.48 bits per heavy atom. The van der Waals surface area contributed by atoms with Crippen LogP contribution in [0, 0.1) is 5.41 Å². The van der Waals surface area contributed by atoms with Gasteiger partial charge in [-0.3, -0.25) is 19.8 Å².